The van der Waals surface area contributed by atoms with E-state index in [4.69, 9.17) is 14.9 Å². The van der Waals surface area contributed by atoms with E-state index in [-0.39, 0.29) is 46.8 Å². The van der Waals surface area contributed by atoms with E-state index < -0.39 is 0 Å². The third kappa shape index (κ3) is 998. The van der Waals surface area contributed by atoms with Crippen molar-refractivity contribution in [2.75, 3.05) is 13.3 Å². The Bertz CT molecular complexity index is 31.0. The molecule has 2 N–H and O–H groups in total. The molecule has 0 aromatic heterocycles. The Balaban J connectivity index is -0.0000000105. The predicted molar refractivity (Wildman–Crippen MR) is 38.8 cm³/mol. The maximum Gasteiger partial charge on any atom is 0.0866 e. The summed E-state index contributed by atoms with van der Waals surface area (Å²) < 4.78 is 18.8. The van der Waals surface area contributed by atoms with Crippen molar-refractivity contribution >= 4 is 0 Å². The molecule has 6 heteroatoms. The van der Waals surface area contributed by atoms with Crippen molar-refractivity contribution in [3.63, 3.8) is 0 Å². The van der Waals surface area contributed by atoms with E-state index in [9.17, 15) is 4.39 Å². The average molecular weight is 515 g/mol. The summed E-state index contributed by atoms with van der Waals surface area (Å²) in [6, 6.07) is 0. The van der Waals surface area contributed by atoms with Gasteiger partial charge in [0.05, 0.1) is 6.67 Å². The summed E-state index contributed by atoms with van der Waals surface area (Å²) in [5.41, 5.74) is 0. The largest absolute Gasteiger partial charge is 0.396 e. The molecule has 0 saturated heterocycles. The first-order valence-electron chi connectivity index (χ1n) is 2.67. The number of hydrogen-bond donors (Lipinski definition) is 2. The van der Waals surface area contributed by atoms with E-state index in [0.717, 1.165) is 6.42 Å². The number of aliphatic hydroxyl groups excluding tert-OH is 1. The van der Waals surface area contributed by atoms with Crippen LogP contribution in [0.5, 0.6) is 0 Å². The van der Waals surface area contributed by atoms with Crippen molar-refractivity contribution < 1.29 is 52.0 Å². The monoisotopic (exact) mass is 515 g/mol. The first kappa shape index (κ1) is 40.7. The normalized spacial score (nSPS) is 4.50. The van der Waals surface area contributed by atoms with Crippen LogP contribution in [0.3, 0.4) is 0 Å². The second-order valence-electron chi connectivity index (χ2n) is 0.991. The average Bonchev–Trinajstić information content (AvgIpc) is 1.94. The quantitative estimate of drug-likeness (QED) is 0.523. The molecule has 1 radical (unpaired) electrons. The van der Waals surface area contributed by atoms with Gasteiger partial charge in [0.1, 0.15) is 0 Å². The van der Waals surface area contributed by atoms with Gasteiger partial charge in [0.15, 0.2) is 0 Å². The fourth-order valence-electron chi connectivity index (χ4n) is 0. The number of hydrogen-bond acceptors (Lipinski definition) is 2. The summed E-state index contributed by atoms with van der Waals surface area (Å²) in [5.74, 6) is 0. The van der Waals surface area contributed by atoms with Gasteiger partial charge < -0.3 is 12.5 Å². The minimum absolute atomic E-state index is 0. The molecule has 0 aliphatic rings. The van der Waals surface area contributed by atoms with Crippen molar-refractivity contribution in [2.24, 2.45) is 0 Å². The molecular weight excluding hydrogens is 498 g/mol. The smallest absolute Gasteiger partial charge is 0.0866 e. The molecule has 0 unspecified atom stereocenters. The summed E-state index contributed by atoms with van der Waals surface area (Å²) in [7, 11) is 0. The van der Waals surface area contributed by atoms with Crippen LogP contribution in [0.15, 0.2) is 0 Å². The molecule has 12 heavy (non-hydrogen) atoms. The molecule has 0 heterocycles. The van der Waals surface area contributed by atoms with Crippen LogP contribution in [0.25, 0.3) is 0 Å². The van der Waals surface area contributed by atoms with Gasteiger partial charge in [-0.3, -0.25) is 4.39 Å². The standard InChI is InChI=1S/C3H8O.C2H5F.CH3.FHO.Rf.Y/c1-2-3-4;1-2-3;;1-2;;/h4H,2-3H2,1H3;2H2,1H3;1H3;2H;;/q;;-1;;;. The minimum atomic E-state index is -0.250. The van der Waals surface area contributed by atoms with Gasteiger partial charge in [0.25, 0.3) is 0 Å². The van der Waals surface area contributed by atoms with Crippen molar-refractivity contribution in [3.8, 4) is 0 Å². The van der Waals surface area contributed by atoms with Crippen molar-refractivity contribution in [1.29, 1.82) is 0 Å². The summed E-state index contributed by atoms with van der Waals surface area (Å²) >= 11 is 0. The summed E-state index contributed by atoms with van der Waals surface area (Å²) in [4.78, 5) is 0. The number of halogens is 2. The molecule has 0 atom stereocenters. The topological polar surface area (TPSA) is 40.5 Å². The second-order valence-corrected chi connectivity index (χ2v) is 0.991. The first-order chi connectivity index (χ1) is 4.33. The maximum absolute atomic E-state index is 10.3. The molecule has 0 aliphatic heterocycles. The van der Waals surface area contributed by atoms with Gasteiger partial charge in [-0.25, -0.2) is 5.31 Å². The van der Waals surface area contributed by atoms with Gasteiger partial charge >= 0.3 is 0 Å². The molecule has 0 saturated carbocycles. The van der Waals surface area contributed by atoms with Gasteiger partial charge in [0, 0.05) is 39.3 Å². The molecule has 2 nitrogen and oxygen atoms in total. The Morgan fingerprint density at radius 3 is 1.25 bits per heavy atom. The van der Waals surface area contributed by atoms with Crippen LogP contribution in [-0.4, -0.2) is 23.7 Å². The van der Waals surface area contributed by atoms with Gasteiger partial charge in [-0.15, -0.1) is 0 Å². The maximum atomic E-state index is 10.3. The van der Waals surface area contributed by atoms with Crippen LogP contribution < -0.4 is 0 Å². The van der Waals surface area contributed by atoms with Crippen LogP contribution in [0.2, 0.25) is 0 Å². The molecule has 0 bridgehead atoms. The predicted octanol–water partition coefficient (Wildman–Crippen LogP) is 1.68. The van der Waals surface area contributed by atoms with Crippen molar-refractivity contribution in [3.05, 3.63) is 7.43 Å². The molecule has 0 rings (SSSR count). The van der Waals surface area contributed by atoms with E-state index in [0.29, 0.717) is 6.61 Å². The van der Waals surface area contributed by atoms with Crippen molar-refractivity contribution in [2.45, 2.75) is 20.3 Å². The molecule has 0 spiro atoms. The van der Waals surface area contributed by atoms with Crippen LogP contribution in [0.4, 0.5) is 8.92 Å². The van der Waals surface area contributed by atoms with Gasteiger partial charge in [0.2, 0.25) is 0 Å². The van der Waals surface area contributed by atoms with Gasteiger partial charge in [-0.2, -0.15) is 0 Å². The van der Waals surface area contributed by atoms with E-state index >= 15 is 0 Å². The fourth-order valence-corrected chi connectivity index (χ4v) is 0. The minimum Gasteiger partial charge on any atom is -0.396 e. The van der Waals surface area contributed by atoms with Crippen molar-refractivity contribution in [1.82, 2.24) is 0 Å². The Hall–Kier alpha value is -0.116. The molecule has 0 aliphatic carbocycles. The number of aliphatic hydroxyl groups is 1. The van der Waals surface area contributed by atoms with Crippen LogP contribution in [-0.2, 0) is 32.7 Å². The summed E-state index contributed by atoms with van der Waals surface area (Å²) in [5, 5.41) is 13.4. The number of rotatable bonds is 1. The summed E-state index contributed by atoms with van der Waals surface area (Å²) in [6.45, 7) is 3.46. The molecule has 0 aromatic rings. The van der Waals surface area contributed by atoms with E-state index in [2.05, 4.69) is 0 Å². The molecular formula is C6H17F2O2RfY-. The Kier molecular flexibility index (Phi) is 433. The molecule has 0 aromatic carbocycles. The van der Waals surface area contributed by atoms with Crippen LogP contribution in [0.1, 0.15) is 20.3 Å². The van der Waals surface area contributed by atoms with Crippen LogP contribution >= 0.6 is 0 Å². The molecule has 0 fully saturated rings. The Labute approximate surface area is 92.8 Å². The van der Waals surface area contributed by atoms with E-state index in [1.807, 2.05) is 6.92 Å². The molecule has 0 amide bonds. The Morgan fingerprint density at radius 2 is 1.25 bits per heavy atom. The fraction of sp³-hybridized carbons (Fsp3) is 0.833. The zero-order chi connectivity index (χ0) is 8.12. The number of alkyl halides is 1. The van der Waals surface area contributed by atoms with E-state index in [1.54, 1.807) is 0 Å². The third-order valence-electron chi connectivity index (χ3n) is 0.224. The van der Waals surface area contributed by atoms with Crippen LogP contribution in [0, 0.1) is 7.43 Å². The SMILES string of the molecule is CCCO.CCF.OF.[CH3-].[Rf].[Y]. The van der Waals surface area contributed by atoms with Gasteiger partial charge in [-0.1, -0.05) is 11.4 Å². The second kappa shape index (κ2) is 128. The van der Waals surface area contributed by atoms with E-state index in [1.165, 1.54) is 6.92 Å². The Morgan fingerprint density at radius 1 is 1.17 bits per heavy atom. The third-order valence-corrected chi connectivity index (χ3v) is 0.224. The van der Waals surface area contributed by atoms with Gasteiger partial charge in [-0.05, 0) is 13.3 Å². The summed E-state index contributed by atoms with van der Waals surface area (Å²) in [6.07, 6.45) is 0.875. The first-order valence-corrected chi connectivity index (χ1v) is 2.67. The molecule has 73 valence electrons. The zero-order valence-electron chi connectivity index (χ0n) is 8.06. The zero-order valence-corrected chi connectivity index (χ0v) is 17.3.